The molecule has 2 aromatic rings. The lowest BCUT2D eigenvalue weighted by Crippen LogP contribution is -2.27. The Kier molecular flexibility index (Phi) is 3.51. The lowest BCUT2D eigenvalue weighted by atomic mass is 10.2. The maximum Gasteiger partial charge on any atom is 0.287 e. The topological polar surface area (TPSA) is 54.3 Å². The molecule has 1 aliphatic rings. The summed E-state index contributed by atoms with van der Waals surface area (Å²) in [5, 5.41) is 7.26. The quantitative estimate of drug-likeness (QED) is 0.782. The molecule has 19 heavy (non-hydrogen) atoms. The average molecular weight is 258 g/mol. The van der Waals surface area contributed by atoms with E-state index in [4.69, 9.17) is 4.42 Å². The van der Waals surface area contributed by atoms with Crippen LogP contribution in [0.1, 0.15) is 29.8 Å². The summed E-state index contributed by atoms with van der Waals surface area (Å²) in [6.07, 6.45) is 3.54. The number of amides is 1. The van der Waals surface area contributed by atoms with Crippen molar-refractivity contribution in [1.82, 2.24) is 10.6 Å². The first-order valence-electron chi connectivity index (χ1n) is 6.83. The first kappa shape index (κ1) is 12.2. The van der Waals surface area contributed by atoms with Gasteiger partial charge in [-0.15, -0.1) is 0 Å². The minimum atomic E-state index is -0.136. The normalized spacial score (nSPS) is 14.7. The summed E-state index contributed by atoms with van der Waals surface area (Å²) in [5.74, 6) is 0.249. The van der Waals surface area contributed by atoms with Crippen LogP contribution in [-0.2, 0) is 0 Å². The predicted molar refractivity (Wildman–Crippen MR) is 74.2 cm³/mol. The van der Waals surface area contributed by atoms with Gasteiger partial charge in [0, 0.05) is 18.0 Å². The van der Waals surface area contributed by atoms with E-state index in [1.807, 2.05) is 24.3 Å². The molecule has 1 aromatic heterocycles. The van der Waals surface area contributed by atoms with Gasteiger partial charge >= 0.3 is 0 Å². The van der Waals surface area contributed by atoms with Gasteiger partial charge in [0.1, 0.15) is 5.58 Å². The molecule has 0 aliphatic heterocycles. The molecule has 0 bridgehead atoms. The number of rotatable bonds is 6. The Morgan fingerprint density at radius 1 is 1.26 bits per heavy atom. The van der Waals surface area contributed by atoms with Crippen molar-refractivity contribution in [3.63, 3.8) is 0 Å². The van der Waals surface area contributed by atoms with Crippen LogP contribution in [0.4, 0.5) is 0 Å². The third-order valence-corrected chi connectivity index (χ3v) is 3.30. The van der Waals surface area contributed by atoms with Gasteiger partial charge in [-0.1, -0.05) is 18.2 Å². The van der Waals surface area contributed by atoms with Crippen LogP contribution in [0.25, 0.3) is 11.0 Å². The third-order valence-electron chi connectivity index (χ3n) is 3.30. The minimum absolute atomic E-state index is 0.136. The zero-order chi connectivity index (χ0) is 13.1. The second-order valence-corrected chi connectivity index (χ2v) is 4.99. The van der Waals surface area contributed by atoms with Crippen LogP contribution in [-0.4, -0.2) is 25.0 Å². The summed E-state index contributed by atoms with van der Waals surface area (Å²) >= 11 is 0. The molecule has 3 rings (SSSR count). The Hall–Kier alpha value is -1.81. The summed E-state index contributed by atoms with van der Waals surface area (Å²) in [7, 11) is 0. The van der Waals surface area contributed by atoms with Gasteiger partial charge in [0.2, 0.25) is 0 Å². The van der Waals surface area contributed by atoms with Crippen LogP contribution in [0.15, 0.2) is 34.7 Å². The predicted octanol–water partition coefficient (Wildman–Crippen LogP) is 2.30. The Morgan fingerprint density at radius 3 is 2.89 bits per heavy atom. The molecule has 0 unspecified atom stereocenters. The lowest BCUT2D eigenvalue weighted by molar-refractivity contribution is 0.0927. The van der Waals surface area contributed by atoms with Gasteiger partial charge in [0.05, 0.1) is 0 Å². The van der Waals surface area contributed by atoms with E-state index in [1.54, 1.807) is 6.07 Å². The second-order valence-electron chi connectivity index (χ2n) is 4.99. The van der Waals surface area contributed by atoms with Crippen molar-refractivity contribution in [2.75, 3.05) is 13.1 Å². The Morgan fingerprint density at radius 2 is 2.11 bits per heavy atom. The molecule has 1 aliphatic carbocycles. The standard InChI is InChI=1S/C15H18N2O2/c18-15(17-9-3-8-16-12-6-7-12)14-10-11-4-1-2-5-13(11)19-14/h1-2,4-5,10,12,16H,3,6-9H2,(H,17,18). The molecule has 1 amide bonds. The maximum absolute atomic E-state index is 11.9. The molecule has 4 nitrogen and oxygen atoms in total. The number of nitrogens with one attached hydrogen (secondary N) is 2. The van der Waals surface area contributed by atoms with Gasteiger partial charge < -0.3 is 15.1 Å². The molecular formula is C15H18N2O2. The number of hydrogen-bond donors (Lipinski definition) is 2. The van der Waals surface area contributed by atoms with Crippen molar-refractivity contribution in [3.8, 4) is 0 Å². The highest BCUT2D eigenvalue weighted by Gasteiger charge is 2.19. The zero-order valence-electron chi connectivity index (χ0n) is 10.8. The van der Waals surface area contributed by atoms with Crippen LogP contribution in [0.3, 0.4) is 0 Å². The van der Waals surface area contributed by atoms with Gasteiger partial charge in [-0.05, 0) is 37.9 Å². The van der Waals surface area contributed by atoms with Gasteiger partial charge in [0.15, 0.2) is 5.76 Å². The van der Waals surface area contributed by atoms with Crippen molar-refractivity contribution in [2.45, 2.75) is 25.3 Å². The summed E-state index contributed by atoms with van der Waals surface area (Å²) in [6, 6.07) is 10.2. The fourth-order valence-electron chi connectivity index (χ4n) is 2.06. The highest BCUT2D eigenvalue weighted by Crippen LogP contribution is 2.19. The Labute approximate surface area is 112 Å². The first-order chi connectivity index (χ1) is 9.33. The largest absolute Gasteiger partial charge is 0.451 e. The summed E-state index contributed by atoms with van der Waals surface area (Å²) in [6.45, 7) is 1.64. The highest BCUT2D eigenvalue weighted by molar-refractivity contribution is 5.95. The van der Waals surface area contributed by atoms with Crippen LogP contribution in [0.2, 0.25) is 0 Å². The molecule has 0 saturated heterocycles. The maximum atomic E-state index is 11.9. The SMILES string of the molecule is O=C(NCCCNC1CC1)c1cc2ccccc2o1. The van der Waals surface area contributed by atoms with Crippen molar-refractivity contribution in [3.05, 3.63) is 36.1 Å². The van der Waals surface area contributed by atoms with E-state index in [9.17, 15) is 4.79 Å². The van der Waals surface area contributed by atoms with Crippen molar-refractivity contribution >= 4 is 16.9 Å². The van der Waals surface area contributed by atoms with E-state index in [-0.39, 0.29) is 5.91 Å². The number of furan rings is 1. The smallest absolute Gasteiger partial charge is 0.287 e. The molecular weight excluding hydrogens is 240 g/mol. The van der Waals surface area contributed by atoms with Crippen LogP contribution >= 0.6 is 0 Å². The molecule has 100 valence electrons. The number of carbonyl (C=O) groups excluding carboxylic acids is 1. The van der Waals surface area contributed by atoms with Crippen LogP contribution in [0, 0.1) is 0 Å². The van der Waals surface area contributed by atoms with Crippen LogP contribution < -0.4 is 10.6 Å². The lowest BCUT2D eigenvalue weighted by Gasteiger charge is -2.03. The van der Waals surface area contributed by atoms with E-state index in [0.717, 1.165) is 30.0 Å². The van der Waals surface area contributed by atoms with Crippen molar-refractivity contribution in [1.29, 1.82) is 0 Å². The Balaban J connectivity index is 1.48. The minimum Gasteiger partial charge on any atom is -0.451 e. The summed E-state index contributed by atoms with van der Waals surface area (Å²) < 4.78 is 5.51. The fraction of sp³-hybridized carbons (Fsp3) is 0.400. The summed E-state index contributed by atoms with van der Waals surface area (Å²) in [5.41, 5.74) is 0.753. The molecule has 1 saturated carbocycles. The van der Waals surface area contributed by atoms with Gasteiger partial charge in [0.25, 0.3) is 5.91 Å². The molecule has 0 radical (unpaired) electrons. The fourth-order valence-corrected chi connectivity index (χ4v) is 2.06. The van der Waals surface area contributed by atoms with Gasteiger partial charge in [-0.25, -0.2) is 0 Å². The number of para-hydroxylation sites is 1. The van der Waals surface area contributed by atoms with E-state index in [1.165, 1.54) is 12.8 Å². The number of fused-ring (bicyclic) bond motifs is 1. The third kappa shape index (κ3) is 3.15. The van der Waals surface area contributed by atoms with Crippen molar-refractivity contribution in [2.24, 2.45) is 0 Å². The molecule has 1 fully saturated rings. The van der Waals surface area contributed by atoms with Gasteiger partial charge in [-0.2, -0.15) is 0 Å². The highest BCUT2D eigenvalue weighted by atomic mass is 16.3. The number of hydrogen-bond acceptors (Lipinski definition) is 3. The van der Waals surface area contributed by atoms with E-state index < -0.39 is 0 Å². The Bertz CT molecular complexity index is 539. The molecule has 2 N–H and O–H groups in total. The van der Waals surface area contributed by atoms with E-state index in [2.05, 4.69) is 10.6 Å². The van der Waals surface area contributed by atoms with Crippen molar-refractivity contribution < 1.29 is 9.21 Å². The van der Waals surface area contributed by atoms with Crippen LogP contribution in [0.5, 0.6) is 0 Å². The number of benzene rings is 1. The van der Waals surface area contributed by atoms with Gasteiger partial charge in [-0.3, -0.25) is 4.79 Å². The zero-order valence-corrected chi connectivity index (χ0v) is 10.8. The monoisotopic (exact) mass is 258 g/mol. The molecule has 0 atom stereocenters. The number of carbonyl (C=O) groups is 1. The molecule has 1 aromatic carbocycles. The average Bonchev–Trinajstić information content (AvgIpc) is 3.14. The second kappa shape index (κ2) is 5.45. The summed E-state index contributed by atoms with van der Waals surface area (Å²) in [4.78, 5) is 11.9. The molecule has 1 heterocycles. The van der Waals surface area contributed by atoms with E-state index >= 15 is 0 Å². The van der Waals surface area contributed by atoms with E-state index in [0.29, 0.717) is 12.3 Å². The first-order valence-corrected chi connectivity index (χ1v) is 6.83. The molecule has 4 heteroatoms. The molecule has 0 spiro atoms.